The SMILES string of the molecule is Cc1[nH]n(-c2ccccc2)c(=O)c1/C(=N/NC(=O)c1cccc(Br)c1)c1ccccc1. The molecule has 0 fully saturated rings. The van der Waals surface area contributed by atoms with Gasteiger partial charge in [-0.15, -0.1) is 0 Å². The van der Waals surface area contributed by atoms with Crippen molar-refractivity contribution in [3.05, 3.63) is 122 Å². The van der Waals surface area contributed by atoms with Crippen LogP contribution >= 0.6 is 15.9 Å². The second-order valence-electron chi connectivity index (χ2n) is 6.87. The van der Waals surface area contributed by atoms with Crippen LogP contribution in [0.1, 0.15) is 27.2 Å². The molecule has 0 aliphatic carbocycles. The minimum Gasteiger partial charge on any atom is -0.295 e. The van der Waals surface area contributed by atoms with E-state index in [9.17, 15) is 9.59 Å². The predicted octanol–water partition coefficient (Wildman–Crippen LogP) is 4.42. The van der Waals surface area contributed by atoms with Crippen molar-refractivity contribution in [2.24, 2.45) is 5.10 Å². The molecule has 1 heterocycles. The van der Waals surface area contributed by atoms with E-state index >= 15 is 0 Å². The number of carbonyl (C=O) groups is 1. The number of hydrogen-bond donors (Lipinski definition) is 2. The number of aryl methyl sites for hydroxylation is 1. The summed E-state index contributed by atoms with van der Waals surface area (Å²) in [6, 6.07) is 25.6. The molecule has 6 nitrogen and oxygen atoms in total. The third kappa shape index (κ3) is 4.41. The number of rotatable bonds is 5. The van der Waals surface area contributed by atoms with Crippen molar-refractivity contribution in [2.45, 2.75) is 6.92 Å². The minimum atomic E-state index is -0.369. The maximum absolute atomic E-state index is 13.3. The summed E-state index contributed by atoms with van der Waals surface area (Å²) >= 11 is 3.36. The van der Waals surface area contributed by atoms with Gasteiger partial charge in [-0.25, -0.2) is 10.1 Å². The molecule has 0 saturated heterocycles. The molecule has 154 valence electrons. The molecule has 1 amide bonds. The summed E-state index contributed by atoms with van der Waals surface area (Å²) < 4.78 is 2.26. The van der Waals surface area contributed by atoms with Gasteiger partial charge in [0.2, 0.25) is 0 Å². The monoisotopic (exact) mass is 474 g/mol. The van der Waals surface area contributed by atoms with Crippen molar-refractivity contribution < 1.29 is 4.79 Å². The Morgan fingerprint density at radius 1 is 0.935 bits per heavy atom. The zero-order valence-corrected chi connectivity index (χ0v) is 18.3. The summed E-state index contributed by atoms with van der Waals surface area (Å²) in [5.41, 5.74) is 5.66. The molecule has 4 rings (SSSR count). The lowest BCUT2D eigenvalue weighted by Crippen LogP contribution is -2.25. The van der Waals surface area contributed by atoms with Crippen molar-refractivity contribution in [1.29, 1.82) is 0 Å². The van der Waals surface area contributed by atoms with E-state index in [2.05, 4.69) is 31.6 Å². The smallest absolute Gasteiger partial charge is 0.281 e. The van der Waals surface area contributed by atoms with E-state index in [1.165, 1.54) is 4.68 Å². The van der Waals surface area contributed by atoms with Gasteiger partial charge in [-0.2, -0.15) is 5.10 Å². The van der Waals surface area contributed by atoms with Gasteiger partial charge in [-0.1, -0.05) is 70.5 Å². The maximum atomic E-state index is 13.3. The fourth-order valence-electron chi connectivity index (χ4n) is 3.25. The van der Waals surface area contributed by atoms with Gasteiger partial charge in [0.15, 0.2) is 0 Å². The molecule has 0 aliphatic rings. The molecule has 0 atom stereocenters. The fourth-order valence-corrected chi connectivity index (χ4v) is 3.65. The quantitative estimate of drug-likeness (QED) is 0.331. The molecule has 0 aliphatic heterocycles. The molecular weight excluding hydrogens is 456 g/mol. The number of para-hydroxylation sites is 1. The van der Waals surface area contributed by atoms with E-state index in [0.29, 0.717) is 28.2 Å². The zero-order chi connectivity index (χ0) is 21.8. The van der Waals surface area contributed by atoms with Gasteiger partial charge in [-0.3, -0.25) is 14.7 Å². The van der Waals surface area contributed by atoms with Gasteiger partial charge in [0.25, 0.3) is 11.5 Å². The molecular formula is C24H19BrN4O2. The van der Waals surface area contributed by atoms with Crippen LogP contribution in [0.2, 0.25) is 0 Å². The number of amides is 1. The van der Waals surface area contributed by atoms with Gasteiger partial charge >= 0.3 is 0 Å². The number of halogens is 1. The number of aromatic amines is 1. The molecule has 2 N–H and O–H groups in total. The van der Waals surface area contributed by atoms with Crippen molar-refractivity contribution in [3.8, 4) is 5.69 Å². The second kappa shape index (κ2) is 8.97. The Labute approximate surface area is 187 Å². The summed E-state index contributed by atoms with van der Waals surface area (Å²) in [7, 11) is 0. The Bertz CT molecular complexity index is 1310. The Morgan fingerprint density at radius 3 is 2.26 bits per heavy atom. The average molecular weight is 475 g/mol. The van der Waals surface area contributed by atoms with E-state index in [1.807, 2.05) is 73.7 Å². The van der Waals surface area contributed by atoms with Crippen LogP contribution in [0.3, 0.4) is 0 Å². The largest absolute Gasteiger partial charge is 0.295 e. The first-order valence-corrected chi connectivity index (χ1v) is 10.4. The van der Waals surface area contributed by atoms with E-state index < -0.39 is 0 Å². The third-order valence-electron chi connectivity index (χ3n) is 4.73. The molecule has 0 saturated carbocycles. The lowest BCUT2D eigenvalue weighted by molar-refractivity contribution is 0.0955. The molecule has 0 spiro atoms. The Hall–Kier alpha value is -3.71. The highest BCUT2D eigenvalue weighted by Crippen LogP contribution is 2.14. The van der Waals surface area contributed by atoms with Crippen LogP contribution in [0.25, 0.3) is 5.69 Å². The third-order valence-corrected chi connectivity index (χ3v) is 5.22. The van der Waals surface area contributed by atoms with Gasteiger partial charge in [0, 0.05) is 21.3 Å². The van der Waals surface area contributed by atoms with E-state index in [0.717, 1.165) is 10.0 Å². The standard InChI is InChI=1S/C24H19BrN4O2/c1-16-21(24(31)29(28-16)20-13-6-3-7-14-20)22(17-9-4-2-5-10-17)26-27-23(30)18-11-8-12-19(25)15-18/h2-15,28H,1H3,(H,27,30)/b26-22+. The van der Waals surface area contributed by atoms with Crippen LogP contribution in [0.5, 0.6) is 0 Å². The average Bonchev–Trinajstić information content (AvgIpc) is 3.09. The predicted molar refractivity (Wildman–Crippen MR) is 125 cm³/mol. The maximum Gasteiger partial charge on any atom is 0.281 e. The van der Waals surface area contributed by atoms with Crippen LogP contribution in [-0.2, 0) is 0 Å². The van der Waals surface area contributed by atoms with Crippen molar-refractivity contribution in [3.63, 3.8) is 0 Å². The Kier molecular flexibility index (Phi) is 5.95. The van der Waals surface area contributed by atoms with Crippen LogP contribution in [0.15, 0.2) is 99.3 Å². The topological polar surface area (TPSA) is 79.2 Å². The number of carbonyl (C=O) groups excluding carboxylic acids is 1. The molecule has 0 radical (unpaired) electrons. The fraction of sp³-hybridized carbons (Fsp3) is 0.0417. The first-order valence-electron chi connectivity index (χ1n) is 9.61. The number of benzene rings is 3. The van der Waals surface area contributed by atoms with Gasteiger partial charge in [0.05, 0.1) is 11.3 Å². The minimum absolute atomic E-state index is 0.247. The highest BCUT2D eigenvalue weighted by molar-refractivity contribution is 9.10. The van der Waals surface area contributed by atoms with Crippen LogP contribution in [0, 0.1) is 6.92 Å². The first-order chi connectivity index (χ1) is 15.0. The number of H-pyrrole nitrogens is 1. The lowest BCUT2D eigenvalue weighted by atomic mass is 10.0. The summed E-state index contributed by atoms with van der Waals surface area (Å²) in [5.74, 6) is -0.369. The van der Waals surface area contributed by atoms with Crippen molar-refractivity contribution in [2.75, 3.05) is 0 Å². The molecule has 1 aromatic heterocycles. The number of hydrazone groups is 1. The van der Waals surface area contributed by atoms with E-state index in [4.69, 9.17) is 0 Å². The zero-order valence-electron chi connectivity index (χ0n) is 16.7. The summed E-state index contributed by atoms with van der Waals surface area (Å²) in [5, 5.41) is 7.48. The van der Waals surface area contributed by atoms with Crippen molar-refractivity contribution in [1.82, 2.24) is 15.2 Å². The number of nitrogens with zero attached hydrogens (tertiary/aromatic N) is 2. The Balaban J connectivity index is 1.79. The highest BCUT2D eigenvalue weighted by atomic mass is 79.9. The summed E-state index contributed by atoms with van der Waals surface area (Å²) in [6.45, 7) is 1.81. The van der Waals surface area contributed by atoms with E-state index in [-0.39, 0.29) is 11.5 Å². The van der Waals surface area contributed by atoms with Crippen LogP contribution in [0.4, 0.5) is 0 Å². The normalized spacial score (nSPS) is 11.4. The number of aromatic nitrogens is 2. The summed E-state index contributed by atoms with van der Waals surface area (Å²) in [6.07, 6.45) is 0. The van der Waals surface area contributed by atoms with E-state index in [1.54, 1.807) is 18.2 Å². The van der Waals surface area contributed by atoms with Gasteiger partial charge < -0.3 is 0 Å². The lowest BCUT2D eigenvalue weighted by Gasteiger charge is -2.07. The molecule has 31 heavy (non-hydrogen) atoms. The molecule has 4 aromatic rings. The van der Waals surface area contributed by atoms with Crippen LogP contribution in [-0.4, -0.2) is 21.4 Å². The molecule has 0 unspecified atom stereocenters. The van der Waals surface area contributed by atoms with Gasteiger partial charge in [0.1, 0.15) is 5.71 Å². The Morgan fingerprint density at radius 2 is 1.58 bits per heavy atom. The first kappa shape index (κ1) is 20.6. The highest BCUT2D eigenvalue weighted by Gasteiger charge is 2.20. The number of hydrogen-bond acceptors (Lipinski definition) is 3. The molecule has 3 aromatic carbocycles. The number of nitrogens with one attached hydrogen (secondary N) is 2. The van der Waals surface area contributed by atoms with Gasteiger partial charge in [-0.05, 0) is 37.3 Å². The van der Waals surface area contributed by atoms with Crippen molar-refractivity contribution >= 4 is 27.5 Å². The molecule has 7 heteroatoms. The van der Waals surface area contributed by atoms with Crippen LogP contribution < -0.4 is 11.0 Å². The molecule has 0 bridgehead atoms. The summed E-state index contributed by atoms with van der Waals surface area (Å²) in [4.78, 5) is 25.9. The second-order valence-corrected chi connectivity index (χ2v) is 7.78.